The van der Waals surface area contributed by atoms with Gasteiger partial charge in [0, 0.05) is 31.4 Å². The maximum atomic E-state index is 14.9. The van der Waals surface area contributed by atoms with E-state index >= 15 is 0 Å². The number of hydrogen-bond donors (Lipinski definition) is 1. The Morgan fingerprint density at radius 1 is 1.27 bits per heavy atom. The van der Waals surface area contributed by atoms with E-state index in [1.807, 2.05) is 6.92 Å². The highest BCUT2D eigenvalue weighted by molar-refractivity contribution is 7.91. The minimum absolute atomic E-state index is 0.0503. The molecule has 30 heavy (non-hydrogen) atoms. The van der Waals surface area contributed by atoms with Crippen molar-refractivity contribution < 1.29 is 17.6 Å². The van der Waals surface area contributed by atoms with Crippen LogP contribution in [0.5, 0.6) is 0 Å². The van der Waals surface area contributed by atoms with Crippen LogP contribution in [0.15, 0.2) is 35.6 Å². The molecule has 2 N–H and O–H groups in total. The Morgan fingerprint density at radius 3 is 2.50 bits per heavy atom. The summed E-state index contributed by atoms with van der Waals surface area (Å²) in [6.07, 6.45) is 3.76. The number of sulfonamides is 1. The van der Waals surface area contributed by atoms with Gasteiger partial charge in [0.15, 0.2) is 5.82 Å². The fourth-order valence-electron chi connectivity index (χ4n) is 4.06. The van der Waals surface area contributed by atoms with Crippen LogP contribution >= 0.6 is 0 Å². The van der Waals surface area contributed by atoms with Crippen molar-refractivity contribution in [2.45, 2.75) is 43.4 Å². The molecule has 4 rings (SSSR count). The van der Waals surface area contributed by atoms with Gasteiger partial charge in [-0.15, -0.1) is 0 Å². The molecule has 0 bridgehead atoms. The number of aryl methyl sites for hydroxylation is 1. The molecule has 0 saturated heterocycles. The molecule has 1 fully saturated rings. The predicted octanol–water partition coefficient (Wildman–Crippen LogP) is 1.69. The Kier molecular flexibility index (Phi) is 4.46. The Morgan fingerprint density at radius 2 is 1.90 bits per heavy atom. The highest BCUT2D eigenvalue weighted by Gasteiger charge is 2.70. The van der Waals surface area contributed by atoms with E-state index in [4.69, 9.17) is 5.73 Å². The average Bonchev–Trinajstić information content (AvgIpc) is 3.51. The molecule has 0 amide bonds. The summed E-state index contributed by atoms with van der Waals surface area (Å²) in [6, 6.07) is 4.22. The third kappa shape index (κ3) is 2.81. The third-order valence-electron chi connectivity index (χ3n) is 6.06. The number of Topliss-reactive ketones (excluding diaryl/α,β-unsaturated/α-hetero) is 1. The van der Waals surface area contributed by atoms with Crippen molar-refractivity contribution in [1.82, 2.24) is 14.3 Å². The molecule has 0 unspecified atom stereocenters. The Bertz CT molecular complexity index is 1180. The minimum atomic E-state index is -3.81. The second-order valence-corrected chi connectivity index (χ2v) is 10.3. The summed E-state index contributed by atoms with van der Waals surface area (Å²) in [5.74, 6) is -1.04. The van der Waals surface area contributed by atoms with E-state index < -0.39 is 26.1 Å². The number of aromatic nitrogens is 2. The first kappa shape index (κ1) is 20.4. The smallest absolute Gasteiger partial charge is 0.245 e. The van der Waals surface area contributed by atoms with Gasteiger partial charge in [0.2, 0.25) is 21.8 Å². The number of halogens is 1. The average molecular weight is 431 g/mol. The molecule has 1 saturated carbocycles. The molecule has 1 atom stereocenters. The molecular weight excluding hydrogens is 409 g/mol. The maximum Gasteiger partial charge on any atom is 0.245 e. The number of aliphatic imine (C=N–C) groups is 1. The number of hydrogen-bond acceptors (Lipinski definition) is 7. The van der Waals surface area contributed by atoms with Crippen LogP contribution in [-0.2, 0) is 22.0 Å². The highest BCUT2D eigenvalue weighted by atomic mass is 32.2. The van der Waals surface area contributed by atoms with Crippen LogP contribution in [0.3, 0.4) is 0 Å². The zero-order valence-corrected chi connectivity index (χ0v) is 17.7. The Labute approximate surface area is 174 Å². The van der Waals surface area contributed by atoms with Crippen molar-refractivity contribution in [2.24, 2.45) is 10.7 Å². The number of guanidine groups is 1. The third-order valence-corrected chi connectivity index (χ3v) is 8.76. The number of benzene rings is 1. The van der Waals surface area contributed by atoms with E-state index in [1.54, 1.807) is 19.3 Å². The van der Waals surface area contributed by atoms with Gasteiger partial charge >= 0.3 is 0 Å². The SMILES string of the molecule is Cc1cnc(C(=O)Cc2ccc(F)c([C@@]3(C)N=C(N)N(C)S(=O)(=O)C34CC4)c2)nc1. The number of ketones is 1. The predicted molar refractivity (Wildman–Crippen MR) is 109 cm³/mol. The molecule has 10 heteroatoms. The van der Waals surface area contributed by atoms with Gasteiger partial charge in [-0.05, 0) is 49.9 Å². The zero-order chi connectivity index (χ0) is 21.9. The number of carbonyl (C=O) groups excluding carboxylic acids is 1. The maximum absolute atomic E-state index is 14.9. The number of rotatable bonds is 4. The van der Waals surface area contributed by atoms with E-state index in [-0.39, 0.29) is 29.6 Å². The van der Waals surface area contributed by atoms with Gasteiger partial charge in [-0.2, -0.15) is 0 Å². The molecule has 158 valence electrons. The minimum Gasteiger partial charge on any atom is -0.369 e. The van der Waals surface area contributed by atoms with Crippen molar-refractivity contribution in [3.05, 3.63) is 58.9 Å². The summed E-state index contributed by atoms with van der Waals surface area (Å²) in [4.78, 5) is 25.0. The lowest BCUT2D eigenvalue weighted by Crippen LogP contribution is -2.58. The highest BCUT2D eigenvalue weighted by Crippen LogP contribution is 2.60. The molecule has 2 heterocycles. The normalized spacial score (nSPS) is 23.9. The van der Waals surface area contributed by atoms with Gasteiger partial charge < -0.3 is 5.73 Å². The fourth-order valence-corrected chi connectivity index (χ4v) is 6.15. The summed E-state index contributed by atoms with van der Waals surface area (Å²) in [7, 11) is -2.46. The number of nitrogens with zero attached hydrogens (tertiary/aromatic N) is 4. The quantitative estimate of drug-likeness (QED) is 0.736. The summed E-state index contributed by atoms with van der Waals surface area (Å²) >= 11 is 0. The zero-order valence-electron chi connectivity index (χ0n) is 16.9. The first-order valence-corrected chi connectivity index (χ1v) is 10.9. The Hall–Kier alpha value is -2.88. The monoisotopic (exact) mass is 431 g/mol. The van der Waals surface area contributed by atoms with Crippen LogP contribution < -0.4 is 5.73 Å². The van der Waals surface area contributed by atoms with Gasteiger partial charge in [0.25, 0.3) is 0 Å². The lowest BCUT2D eigenvalue weighted by Gasteiger charge is -2.42. The molecule has 1 aliphatic carbocycles. The van der Waals surface area contributed by atoms with Crippen LogP contribution in [0.1, 0.15) is 47.1 Å². The molecule has 1 aliphatic heterocycles. The van der Waals surface area contributed by atoms with E-state index in [1.165, 1.54) is 25.2 Å². The molecule has 0 radical (unpaired) electrons. The number of carbonyl (C=O) groups is 1. The fraction of sp³-hybridized carbons (Fsp3) is 0.400. The van der Waals surface area contributed by atoms with Gasteiger partial charge in [-0.25, -0.2) is 32.1 Å². The molecule has 8 nitrogen and oxygen atoms in total. The lowest BCUT2D eigenvalue weighted by molar-refractivity contribution is 0.0983. The molecule has 1 spiro atoms. The van der Waals surface area contributed by atoms with Gasteiger partial charge in [0.1, 0.15) is 16.1 Å². The Balaban J connectivity index is 1.75. The molecule has 1 aromatic heterocycles. The van der Waals surface area contributed by atoms with Crippen LogP contribution in [0.25, 0.3) is 0 Å². The van der Waals surface area contributed by atoms with Crippen molar-refractivity contribution in [2.75, 3.05) is 7.05 Å². The standard InChI is InChI=1S/C20H22FN5O3S/c1-12-10-23-17(24-11-12)16(27)9-13-4-5-15(21)14(8-13)19(2)20(6-7-20)30(28,29)26(3)18(22)25-19/h4-5,8,10-11H,6-7,9H2,1-3H3,(H2,22,25)/t19-/m1/s1. The van der Waals surface area contributed by atoms with E-state index in [0.29, 0.717) is 18.4 Å². The van der Waals surface area contributed by atoms with Gasteiger partial charge in [0.05, 0.1) is 0 Å². The van der Waals surface area contributed by atoms with Crippen LogP contribution in [-0.4, -0.2) is 46.2 Å². The second kappa shape index (κ2) is 6.56. The largest absolute Gasteiger partial charge is 0.369 e. The van der Waals surface area contributed by atoms with Gasteiger partial charge in [-0.3, -0.25) is 4.79 Å². The van der Waals surface area contributed by atoms with Crippen LogP contribution in [0.2, 0.25) is 0 Å². The first-order chi connectivity index (χ1) is 14.0. The van der Waals surface area contributed by atoms with E-state index in [2.05, 4.69) is 15.0 Å². The molecular formula is C20H22FN5O3S. The van der Waals surface area contributed by atoms with E-state index in [0.717, 1.165) is 9.87 Å². The van der Waals surface area contributed by atoms with Crippen molar-refractivity contribution in [3.8, 4) is 0 Å². The van der Waals surface area contributed by atoms with Crippen LogP contribution in [0.4, 0.5) is 4.39 Å². The van der Waals surface area contributed by atoms with Crippen molar-refractivity contribution >= 4 is 21.8 Å². The summed E-state index contributed by atoms with van der Waals surface area (Å²) < 4.78 is 40.7. The van der Waals surface area contributed by atoms with Crippen molar-refractivity contribution in [3.63, 3.8) is 0 Å². The summed E-state index contributed by atoms with van der Waals surface area (Å²) in [6.45, 7) is 3.40. The first-order valence-electron chi connectivity index (χ1n) is 9.46. The lowest BCUT2D eigenvalue weighted by atomic mass is 9.85. The topological polar surface area (TPSA) is 119 Å². The number of nitrogens with two attached hydrogens (primary N) is 1. The molecule has 2 aromatic rings. The van der Waals surface area contributed by atoms with Gasteiger partial charge in [-0.1, -0.05) is 6.07 Å². The second-order valence-electron chi connectivity index (χ2n) is 8.01. The van der Waals surface area contributed by atoms with Crippen molar-refractivity contribution in [1.29, 1.82) is 0 Å². The van der Waals surface area contributed by atoms with E-state index in [9.17, 15) is 17.6 Å². The summed E-state index contributed by atoms with van der Waals surface area (Å²) in [5.41, 5.74) is 5.93. The molecule has 2 aliphatic rings. The molecule has 1 aromatic carbocycles. The summed E-state index contributed by atoms with van der Waals surface area (Å²) in [5, 5.41) is 0. The van der Waals surface area contributed by atoms with Crippen LogP contribution in [0, 0.1) is 12.7 Å².